The van der Waals surface area contributed by atoms with Crippen molar-refractivity contribution in [2.24, 2.45) is 0 Å². The van der Waals surface area contributed by atoms with Crippen molar-refractivity contribution in [1.82, 2.24) is 4.98 Å². The molecule has 0 fully saturated rings. The first kappa shape index (κ1) is 16.0. The molecule has 1 aromatic heterocycles. The van der Waals surface area contributed by atoms with E-state index >= 15 is 0 Å². The summed E-state index contributed by atoms with van der Waals surface area (Å²) in [7, 11) is 0. The molecule has 0 saturated heterocycles. The van der Waals surface area contributed by atoms with Gasteiger partial charge in [-0.25, -0.2) is 9.69 Å². The van der Waals surface area contributed by atoms with Crippen LogP contribution in [0.15, 0.2) is 66.9 Å². The van der Waals surface area contributed by atoms with E-state index in [1.54, 1.807) is 11.1 Å². The lowest BCUT2D eigenvalue weighted by molar-refractivity contribution is 0.0599. The van der Waals surface area contributed by atoms with E-state index < -0.39 is 11.7 Å². The van der Waals surface area contributed by atoms with Gasteiger partial charge in [0, 0.05) is 5.39 Å². The van der Waals surface area contributed by atoms with E-state index in [4.69, 9.17) is 4.74 Å². The van der Waals surface area contributed by atoms with Gasteiger partial charge in [0.2, 0.25) is 0 Å². The van der Waals surface area contributed by atoms with E-state index in [1.165, 1.54) is 0 Å². The first-order chi connectivity index (χ1) is 11.4. The fraction of sp³-hybridized carbons (Fsp3) is 0.200. The van der Waals surface area contributed by atoms with Crippen molar-refractivity contribution in [2.75, 3.05) is 4.90 Å². The predicted molar refractivity (Wildman–Crippen MR) is 96.6 cm³/mol. The minimum Gasteiger partial charge on any atom is -0.443 e. The molecule has 4 nitrogen and oxygen atoms in total. The van der Waals surface area contributed by atoms with Crippen LogP contribution >= 0.6 is 0 Å². The van der Waals surface area contributed by atoms with E-state index in [1.807, 2.05) is 81.4 Å². The molecule has 0 aliphatic rings. The Morgan fingerprint density at radius 1 is 0.958 bits per heavy atom. The molecule has 24 heavy (non-hydrogen) atoms. The predicted octanol–water partition coefficient (Wildman–Crippen LogP) is 5.31. The van der Waals surface area contributed by atoms with Gasteiger partial charge in [0.1, 0.15) is 5.60 Å². The summed E-state index contributed by atoms with van der Waals surface area (Å²) in [6.07, 6.45) is 1.27. The van der Waals surface area contributed by atoms with Gasteiger partial charge in [0.25, 0.3) is 0 Å². The summed E-state index contributed by atoms with van der Waals surface area (Å²) < 4.78 is 5.58. The van der Waals surface area contributed by atoms with Crippen LogP contribution in [0.25, 0.3) is 10.9 Å². The average molecular weight is 320 g/mol. The topological polar surface area (TPSA) is 42.4 Å². The van der Waals surface area contributed by atoms with E-state index in [9.17, 15) is 4.79 Å². The number of carbonyl (C=O) groups excluding carboxylic acids is 1. The Balaban J connectivity index is 2.07. The number of hydrogen-bond donors (Lipinski definition) is 0. The molecule has 0 N–H and O–H groups in total. The van der Waals surface area contributed by atoms with E-state index in [-0.39, 0.29) is 0 Å². The van der Waals surface area contributed by atoms with Crippen molar-refractivity contribution in [2.45, 2.75) is 26.4 Å². The third-order valence-corrected chi connectivity index (χ3v) is 3.42. The van der Waals surface area contributed by atoms with Crippen LogP contribution < -0.4 is 4.90 Å². The van der Waals surface area contributed by atoms with Crippen molar-refractivity contribution in [3.8, 4) is 0 Å². The number of fused-ring (bicyclic) bond motifs is 1. The molecule has 0 aliphatic carbocycles. The lowest BCUT2D eigenvalue weighted by Gasteiger charge is -2.27. The highest BCUT2D eigenvalue weighted by Crippen LogP contribution is 2.29. The number of hydrogen-bond acceptors (Lipinski definition) is 3. The van der Waals surface area contributed by atoms with Crippen LogP contribution in [0.4, 0.5) is 16.2 Å². The Hall–Kier alpha value is -2.88. The summed E-state index contributed by atoms with van der Waals surface area (Å²) in [5.41, 5.74) is 1.73. The number of aromatic nitrogens is 1. The molecule has 1 amide bonds. The first-order valence-corrected chi connectivity index (χ1v) is 7.87. The van der Waals surface area contributed by atoms with Crippen molar-refractivity contribution < 1.29 is 9.53 Å². The molecule has 122 valence electrons. The number of para-hydroxylation sites is 2. The second-order valence-corrected chi connectivity index (χ2v) is 6.54. The fourth-order valence-electron chi connectivity index (χ4n) is 2.43. The molecule has 0 aliphatic heterocycles. The summed E-state index contributed by atoms with van der Waals surface area (Å²) in [6, 6.07) is 19.2. The molecule has 4 heteroatoms. The maximum atomic E-state index is 12.8. The van der Waals surface area contributed by atoms with Crippen LogP contribution in [0.3, 0.4) is 0 Å². The molecule has 0 spiro atoms. The van der Waals surface area contributed by atoms with Crippen molar-refractivity contribution >= 4 is 28.4 Å². The lowest BCUT2D eigenvalue weighted by atomic mass is 10.2. The zero-order valence-corrected chi connectivity index (χ0v) is 14.1. The first-order valence-electron chi connectivity index (χ1n) is 7.87. The quantitative estimate of drug-likeness (QED) is 0.643. The molecule has 3 rings (SSSR count). The molecule has 0 bridgehead atoms. The SMILES string of the molecule is CC(C)(C)OC(=O)N(c1ccccc1)c1cnc2ccccc2c1. The average Bonchev–Trinajstić information content (AvgIpc) is 2.54. The minimum atomic E-state index is -0.575. The van der Waals surface area contributed by atoms with Crippen LogP contribution in [-0.4, -0.2) is 16.7 Å². The number of amides is 1. The second kappa shape index (κ2) is 6.32. The maximum absolute atomic E-state index is 12.8. The maximum Gasteiger partial charge on any atom is 0.419 e. The number of ether oxygens (including phenoxy) is 1. The van der Waals surface area contributed by atoms with Gasteiger partial charge >= 0.3 is 6.09 Å². The molecule has 0 saturated carbocycles. The summed E-state index contributed by atoms with van der Waals surface area (Å²) in [5, 5.41) is 0.972. The van der Waals surface area contributed by atoms with Gasteiger partial charge in [-0.1, -0.05) is 36.4 Å². The number of rotatable bonds is 2. The molecular formula is C20H20N2O2. The number of carbonyl (C=O) groups is 1. The van der Waals surface area contributed by atoms with E-state index in [0.29, 0.717) is 5.69 Å². The Morgan fingerprint density at radius 3 is 2.33 bits per heavy atom. The number of pyridine rings is 1. The summed E-state index contributed by atoms with van der Waals surface area (Å²) >= 11 is 0. The highest BCUT2D eigenvalue weighted by molar-refractivity contribution is 5.98. The van der Waals surface area contributed by atoms with Gasteiger partial charge in [-0.3, -0.25) is 4.98 Å². The van der Waals surface area contributed by atoms with Crippen LogP contribution in [0.2, 0.25) is 0 Å². The van der Waals surface area contributed by atoms with Gasteiger partial charge < -0.3 is 4.74 Å². The van der Waals surface area contributed by atoms with Gasteiger partial charge in [0.05, 0.1) is 23.1 Å². The van der Waals surface area contributed by atoms with Crippen molar-refractivity contribution in [3.05, 3.63) is 66.9 Å². The Morgan fingerprint density at radius 2 is 1.62 bits per heavy atom. The Kier molecular flexibility index (Phi) is 4.21. The fourth-order valence-corrected chi connectivity index (χ4v) is 2.43. The highest BCUT2D eigenvalue weighted by atomic mass is 16.6. The molecule has 0 unspecified atom stereocenters. The minimum absolute atomic E-state index is 0.425. The molecule has 0 radical (unpaired) electrons. The van der Waals surface area contributed by atoms with Crippen LogP contribution in [-0.2, 0) is 4.74 Å². The van der Waals surface area contributed by atoms with Gasteiger partial charge in [-0.2, -0.15) is 0 Å². The summed E-state index contributed by atoms with van der Waals surface area (Å²) in [5.74, 6) is 0. The molecule has 3 aromatic rings. The number of anilines is 2. The number of nitrogens with zero attached hydrogens (tertiary/aromatic N) is 2. The highest BCUT2D eigenvalue weighted by Gasteiger charge is 2.25. The monoisotopic (exact) mass is 320 g/mol. The molecule has 0 atom stereocenters. The van der Waals surface area contributed by atoms with E-state index in [0.717, 1.165) is 16.6 Å². The van der Waals surface area contributed by atoms with Crippen LogP contribution in [0.1, 0.15) is 20.8 Å². The Labute approximate surface area is 141 Å². The molecule has 2 aromatic carbocycles. The van der Waals surface area contributed by atoms with E-state index in [2.05, 4.69) is 4.98 Å². The molecule has 1 heterocycles. The van der Waals surface area contributed by atoms with Gasteiger partial charge in [0.15, 0.2) is 0 Å². The second-order valence-electron chi connectivity index (χ2n) is 6.54. The largest absolute Gasteiger partial charge is 0.443 e. The normalized spacial score (nSPS) is 11.3. The lowest BCUT2D eigenvalue weighted by Crippen LogP contribution is -2.33. The van der Waals surface area contributed by atoms with Gasteiger partial charge in [-0.15, -0.1) is 0 Å². The third-order valence-electron chi connectivity index (χ3n) is 3.42. The van der Waals surface area contributed by atoms with Crippen molar-refractivity contribution in [1.29, 1.82) is 0 Å². The Bertz CT molecular complexity index is 854. The zero-order valence-electron chi connectivity index (χ0n) is 14.1. The van der Waals surface area contributed by atoms with Gasteiger partial charge in [-0.05, 0) is 45.0 Å². The third kappa shape index (κ3) is 3.54. The standard InChI is InChI=1S/C20H20N2O2/c1-20(2,3)24-19(23)22(16-10-5-4-6-11-16)17-13-15-9-7-8-12-18(15)21-14-17/h4-14H,1-3H3. The smallest absolute Gasteiger partial charge is 0.419 e. The summed E-state index contributed by atoms with van der Waals surface area (Å²) in [6.45, 7) is 5.56. The van der Waals surface area contributed by atoms with Crippen LogP contribution in [0.5, 0.6) is 0 Å². The van der Waals surface area contributed by atoms with Crippen LogP contribution in [0, 0.1) is 0 Å². The zero-order chi connectivity index (χ0) is 17.2. The van der Waals surface area contributed by atoms with Crippen molar-refractivity contribution in [3.63, 3.8) is 0 Å². The summed E-state index contributed by atoms with van der Waals surface area (Å²) in [4.78, 5) is 18.8. The molecular weight excluding hydrogens is 300 g/mol. The number of benzene rings is 2.